The number of hydrogen-bond donors (Lipinski definition) is 1. The zero-order chi connectivity index (χ0) is 17.6. The second-order valence-electron chi connectivity index (χ2n) is 6.27. The van der Waals surface area contributed by atoms with Gasteiger partial charge in [-0.25, -0.2) is 0 Å². The first kappa shape index (κ1) is 24.4. The largest absolute Gasteiger partial charge is 0.674 e. The fourth-order valence-electron chi connectivity index (χ4n) is 2.28. The number of alkyl halides is 2. The summed E-state index contributed by atoms with van der Waals surface area (Å²) in [5, 5.41) is 0. The van der Waals surface area contributed by atoms with Gasteiger partial charge in [0.15, 0.2) is 0 Å². The van der Waals surface area contributed by atoms with Gasteiger partial charge in [-0.3, -0.25) is 0 Å². The van der Waals surface area contributed by atoms with Crippen LogP contribution in [0.3, 0.4) is 0 Å². The maximum atomic E-state index is 7.63. The van der Waals surface area contributed by atoms with Gasteiger partial charge in [0, 0.05) is 32.7 Å². The number of rotatable bonds is 3. The van der Waals surface area contributed by atoms with E-state index in [2.05, 4.69) is 101 Å². The molecule has 0 aromatic heterocycles. The number of benzene rings is 2. The van der Waals surface area contributed by atoms with Gasteiger partial charge in [0.2, 0.25) is 0 Å². The summed E-state index contributed by atoms with van der Waals surface area (Å²) in [6.07, 6.45) is 0. The summed E-state index contributed by atoms with van der Waals surface area (Å²) in [5.74, 6) is 9.00. The maximum Gasteiger partial charge on any atom is 0.0946 e. The molecule has 0 aliphatic heterocycles. The minimum Gasteiger partial charge on any atom is -0.674 e. The Morgan fingerprint density at radius 1 is 0.958 bits per heavy atom. The zero-order valence-corrected chi connectivity index (χ0v) is 20.2. The van der Waals surface area contributed by atoms with Crippen LogP contribution in [0.25, 0.3) is 22.7 Å². The van der Waals surface area contributed by atoms with Crippen molar-refractivity contribution in [3.05, 3.63) is 70.7 Å². The Hall–Kier alpha value is 0.384. The summed E-state index contributed by atoms with van der Waals surface area (Å²) in [6, 6.07) is 15.1. The summed E-state index contributed by atoms with van der Waals surface area (Å²) in [4.78, 5) is 0. The SMILES string of the molecule is CC(C)(C)c1ccc(-c2cc(C[NH-])cc(C(Br)Br)c2)cc1.[NH-]N.[Y]. The van der Waals surface area contributed by atoms with E-state index in [4.69, 9.17) is 11.6 Å². The van der Waals surface area contributed by atoms with Gasteiger partial charge in [0.25, 0.3) is 0 Å². The Kier molecular flexibility index (Phi) is 11.4. The Balaban J connectivity index is 0.00000170. The van der Waals surface area contributed by atoms with E-state index in [1.165, 1.54) is 16.7 Å². The minimum absolute atomic E-state index is 0. The average Bonchev–Trinajstić information content (AvgIpc) is 2.55. The predicted molar refractivity (Wildman–Crippen MR) is 108 cm³/mol. The molecule has 0 atom stereocenters. The van der Waals surface area contributed by atoms with Gasteiger partial charge in [-0.05, 0) is 33.7 Å². The molecule has 0 aliphatic carbocycles. The van der Waals surface area contributed by atoms with Crippen molar-refractivity contribution in [2.45, 2.75) is 36.5 Å². The van der Waals surface area contributed by atoms with E-state index in [9.17, 15) is 0 Å². The van der Waals surface area contributed by atoms with Crippen LogP contribution in [0.5, 0.6) is 0 Å². The smallest absolute Gasteiger partial charge is 0.0946 e. The van der Waals surface area contributed by atoms with Crippen molar-refractivity contribution in [2.24, 2.45) is 5.84 Å². The van der Waals surface area contributed by atoms with Crippen molar-refractivity contribution in [1.82, 2.24) is 0 Å². The van der Waals surface area contributed by atoms with Crippen LogP contribution in [0, 0.1) is 0 Å². The number of hydrogen-bond acceptors (Lipinski definition) is 1. The van der Waals surface area contributed by atoms with Gasteiger partial charge in [-0.15, -0.1) is 6.54 Å². The van der Waals surface area contributed by atoms with Crippen molar-refractivity contribution in [3.8, 4) is 11.1 Å². The molecule has 129 valence electrons. The van der Waals surface area contributed by atoms with Crippen LogP contribution in [0.1, 0.15) is 41.2 Å². The van der Waals surface area contributed by atoms with E-state index >= 15 is 0 Å². The van der Waals surface area contributed by atoms with E-state index in [0.29, 0.717) is 6.54 Å². The maximum absolute atomic E-state index is 7.63. The standard InChI is InChI=1S/C18H20Br2N.H3N2.Y/c1-18(2,3)16-6-4-13(5-7-16)14-8-12(11-21)9-15(10-14)17(19)20;1-2;/h4-10,17,21H,11H2,1-3H3;1H,2H2;/q2*-1;. The fourth-order valence-corrected chi connectivity index (χ4v) is 2.80. The molecule has 0 heterocycles. The van der Waals surface area contributed by atoms with E-state index in [-0.39, 0.29) is 41.9 Å². The van der Waals surface area contributed by atoms with Crippen molar-refractivity contribution in [2.75, 3.05) is 0 Å². The molecule has 2 aromatic rings. The van der Waals surface area contributed by atoms with Crippen molar-refractivity contribution >= 4 is 31.9 Å². The van der Waals surface area contributed by atoms with Gasteiger partial charge >= 0.3 is 0 Å². The molecule has 0 fully saturated rings. The molecule has 3 nitrogen and oxygen atoms in total. The van der Waals surface area contributed by atoms with Gasteiger partial charge in [0.05, 0.1) is 3.74 Å². The normalized spacial score (nSPS) is 10.7. The quantitative estimate of drug-likeness (QED) is 0.262. The summed E-state index contributed by atoms with van der Waals surface area (Å²) in [7, 11) is 0. The molecule has 0 unspecified atom stereocenters. The minimum atomic E-state index is 0. The second kappa shape index (κ2) is 11.2. The van der Waals surface area contributed by atoms with E-state index in [0.717, 1.165) is 11.1 Å². The van der Waals surface area contributed by atoms with E-state index in [1.54, 1.807) is 0 Å². The molecular weight excluding hydrogens is 507 g/mol. The van der Waals surface area contributed by atoms with Gasteiger partial charge in [-0.2, -0.15) is 0 Å². The molecule has 6 heteroatoms. The summed E-state index contributed by atoms with van der Waals surface area (Å²) in [6.45, 7) is 6.97. The van der Waals surface area contributed by atoms with Gasteiger partial charge < -0.3 is 17.4 Å². The van der Waals surface area contributed by atoms with Crippen molar-refractivity contribution in [1.29, 1.82) is 0 Å². The summed E-state index contributed by atoms with van der Waals surface area (Å²) < 4.78 is 0.115. The molecule has 0 bridgehead atoms. The Morgan fingerprint density at radius 3 is 1.92 bits per heavy atom. The molecule has 0 saturated carbocycles. The average molecular weight is 530 g/mol. The monoisotopic (exact) mass is 528 g/mol. The third kappa shape index (κ3) is 6.95. The molecule has 4 N–H and O–H groups in total. The number of halogens is 2. The first-order valence-corrected chi connectivity index (χ1v) is 9.11. The van der Waals surface area contributed by atoms with E-state index < -0.39 is 0 Å². The fraction of sp³-hybridized carbons (Fsp3) is 0.333. The topological polar surface area (TPSA) is 73.6 Å². The Labute approximate surface area is 187 Å². The second-order valence-corrected chi connectivity index (χ2v) is 9.33. The molecular formula is C18H23Br2N3Y-2. The molecule has 0 aliphatic rings. The van der Waals surface area contributed by atoms with Gasteiger partial charge in [-0.1, -0.05) is 94.6 Å². The van der Waals surface area contributed by atoms with Crippen LogP contribution in [0.2, 0.25) is 0 Å². The molecule has 0 saturated heterocycles. The Morgan fingerprint density at radius 2 is 1.50 bits per heavy atom. The van der Waals surface area contributed by atoms with Crippen LogP contribution in [-0.2, 0) is 44.7 Å². The van der Waals surface area contributed by atoms with Crippen molar-refractivity contribution in [3.63, 3.8) is 0 Å². The summed E-state index contributed by atoms with van der Waals surface area (Å²) in [5.41, 5.74) is 13.7. The van der Waals surface area contributed by atoms with Crippen LogP contribution < -0.4 is 5.84 Å². The van der Waals surface area contributed by atoms with Crippen LogP contribution in [-0.4, -0.2) is 0 Å². The number of nitrogens with two attached hydrogens (primary N) is 1. The van der Waals surface area contributed by atoms with Crippen LogP contribution >= 0.6 is 31.9 Å². The number of nitrogens with one attached hydrogen (secondary N) is 2. The third-order valence-electron chi connectivity index (χ3n) is 3.56. The molecule has 0 amide bonds. The molecule has 24 heavy (non-hydrogen) atoms. The molecule has 0 spiro atoms. The van der Waals surface area contributed by atoms with E-state index in [1.807, 2.05) is 0 Å². The molecule has 1 radical (unpaired) electrons. The van der Waals surface area contributed by atoms with Crippen molar-refractivity contribution < 1.29 is 32.7 Å². The first-order valence-electron chi connectivity index (χ1n) is 7.27. The zero-order valence-electron chi connectivity index (χ0n) is 14.2. The predicted octanol–water partition coefficient (Wildman–Crippen LogP) is 6.90. The Bertz CT molecular complexity index is 623. The third-order valence-corrected chi connectivity index (χ3v) is 4.61. The van der Waals surface area contributed by atoms with Crippen LogP contribution in [0.15, 0.2) is 42.5 Å². The summed E-state index contributed by atoms with van der Waals surface area (Å²) >= 11 is 7.09. The molecule has 2 rings (SSSR count). The van der Waals surface area contributed by atoms with Crippen LogP contribution in [0.4, 0.5) is 0 Å². The van der Waals surface area contributed by atoms with Gasteiger partial charge in [0.1, 0.15) is 0 Å². The first-order chi connectivity index (χ1) is 10.8. The molecule has 2 aromatic carbocycles.